The van der Waals surface area contributed by atoms with Crippen LogP contribution in [-0.4, -0.2) is 24.8 Å². The number of carbonyl (C=O) groups is 1. The van der Waals surface area contributed by atoms with E-state index in [0.717, 1.165) is 6.92 Å². The molecular weight excluding hydrogens is 326 g/mol. The third-order valence-corrected chi connectivity index (χ3v) is 5.58. The molecule has 124 valence electrons. The average Bonchev–Trinajstić information content (AvgIpc) is 2.38. The van der Waals surface area contributed by atoms with Crippen molar-refractivity contribution in [3.05, 3.63) is 29.6 Å². The zero-order valence-electron chi connectivity index (χ0n) is 12.0. The minimum absolute atomic E-state index is 0.419. The number of amides is 1. The van der Waals surface area contributed by atoms with Crippen LogP contribution >= 0.6 is 0 Å². The summed E-state index contributed by atoms with van der Waals surface area (Å²) in [6.45, 7) is 3.82. The molecule has 9 heteroatoms. The molecule has 0 aliphatic carbocycles. The Morgan fingerprint density at radius 1 is 1.18 bits per heavy atom. The van der Waals surface area contributed by atoms with Gasteiger partial charge in [0.05, 0.1) is 16.5 Å². The third kappa shape index (κ3) is 3.96. The van der Waals surface area contributed by atoms with Gasteiger partial charge in [0.2, 0.25) is 5.91 Å². The molecule has 0 fully saturated rings. The molecule has 22 heavy (non-hydrogen) atoms. The quantitative estimate of drug-likeness (QED) is 0.857. The number of hydrogen-bond donors (Lipinski definition) is 1. The standard InChI is InChI=1S/C13H15F4NO3S/c1-7(2)22(20,21)8(3)12(19)18-11-6-9(13(15,16)17)4-5-10(11)14/h4-8H,1-3H3,(H,18,19)/t8-/m1/s1. The number of nitrogens with one attached hydrogen (secondary N) is 1. The molecule has 0 radical (unpaired) electrons. The van der Waals surface area contributed by atoms with E-state index in [0.29, 0.717) is 18.2 Å². The van der Waals surface area contributed by atoms with E-state index in [1.807, 2.05) is 5.32 Å². The van der Waals surface area contributed by atoms with Crippen LogP contribution in [0.1, 0.15) is 26.3 Å². The molecule has 1 N–H and O–H groups in total. The Morgan fingerprint density at radius 2 is 1.73 bits per heavy atom. The SMILES string of the molecule is CC(C)S(=O)(=O)[C@H](C)C(=O)Nc1cc(C(F)(F)F)ccc1F. The van der Waals surface area contributed by atoms with Crippen molar-refractivity contribution >= 4 is 21.4 Å². The van der Waals surface area contributed by atoms with Gasteiger partial charge in [0.25, 0.3) is 0 Å². The van der Waals surface area contributed by atoms with Crippen molar-refractivity contribution in [2.75, 3.05) is 5.32 Å². The first-order chi connectivity index (χ1) is 9.87. The monoisotopic (exact) mass is 341 g/mol. The Labute approximate surface area is 125 Å². The molecule has 0 saturated heterocycles. The van der Waals surface area contributed by atoms with Gasteiger partial charge in [0.15, 0.2) is 9.84 Å². The summed E-state index contributed by atoms with van der Waals surface area (Å²) in [4.78, 5) is 11.8. The highest BCUT2D eigenvalue weighted by atomic mass is 32.2. The highest BCUT2D eigenvalue weighted by Crippen LogP contribution is 2.31. The summed E-state index contributed by atoms with van der Waals surface area (Å²) in [5.41, 5.74) is -1.87. The fourth-order valence-electron chi connectivity index (χ4n) is 1.59. The van der Waals surface area contributed by atoms with Gasteiger partial charge in [-0.05, 0) is 39.0 Å². The molecule has 0 aliphatic rings. The van der Waals surface area contributed by atoms with E-state index in [9.17, 15) is 30.8 Å². The maximum Gasteiger partial charge on any atom is 0.416 e. The molecule has 1 aromatic carbocycles. The zero-order valence-corrected chi connectivity index (χ0v) is 12.8. The number of halogens is 4. The van der Waals surface area contributed by atoms with Crippen molar-refractivity contribution in [1.29, 1.82) is 0 Å². The lowest BCUT2D eigenvalue weighted by molar-refractivity contribution is -0.137. The highest BCUT2D eigenvalue weighted by Gasteiger charge is 2.33. The molecule has 1 atom stereocenters. The van der Waals surface area contributed by atoms with Gasteiger partial charge < -0.3 is 5.32 Å². The predicted octanol–water partition coefficient (Wildman–Crippen LogP) is 2.99. The Balaban J connectivity index is 3.08. The number of carbonyl (C=O) groups excluding carboxylic acids is 1. The summed E-state index contributed by atoms with van der Waals surface area (Å²) in [5, 5.41) is -0.470. The Morgan fingerprint density at radius 3 is 2.18 bits per heavy atom. The molecule has 0 aliphatic heterocycles. The first-order valence-corrected chi connectivity index (χ1v) is 7.88. The summed E-state index contributed by atoms with van der Waals surface area (Å²) >= 11 is 0. The van der Waals surface area contributed by atoms with E-state index in [2.05, 4.69) is 0 Å². The van der Waals surface area contributed by atoms with Crippen LogP contribution in [0, 0.1) is 5.82 Å². The van der Waals surface area contributed by atoms with Gasteiger partial charge in [-0.3, -0.25) is 4.79 Å². The summed E-state index contributed by atoms with van der Waals surface area (Å²) in [7, 11) is -3.80. The minimum atomic E-state index is -4.71. The van der Waals surface area contributed by atoms with E-state index >= 15 is 0 Å². The van der Waals surface area contributed by atoms with Crippen molar-refractivity contribution in [3.8, 4) is 0 Å². The minimum Gasteiger partial charge on any atom is -0.322 e. The first kappa shape index (κ1) is 18.4. The topological polar surface area (TPSA) is 63.2 Å². The van der Waals surface area contributed by atoms with Gasteiger partial charge in [0, 0.05) is 0 Å². The van der Waals surface area contributed by atoms with E-state index < -0.39 is 49.5 Å². The van der Waals surface area contributed by atoms with Gasteiger partial charge >= 0.3 is 6.18 Å². The van der Waals surface area contributed by atoms with Crippen molar-refractivity contribution in [1.82, 2.24) is 0 Å². The van der Waals surface area contributed by atoms with Gasteiger partial charge in [0.1, 0.15) is 11.1 Å². The summed E-state index contributed by atoms with van der Waals surface area (Å²) in [6, 6.07) is 1.50. The molecule has 0 aromatic heterocycles. The van der Waals surface area contributed by atoms with Crippen LogP contribution < -0.4 is 5.32 Å². The second-order valence-electron chi connectivity index (χ2n) is 4.96. The van der Waals surface area contributed by atoms with E-state index in [1.54, 1.807) is 0 Å². The van der Waals surface area contributed by atoms with Crippen molar-refractivity contribution in [2.45, 2.75) is 37.4 Å². The molecule has 4 nitrogen and oxygen atoms in total. The molecule has 0 spiro atoms. The van der Waals surface area contributed by atoms with Crippen LogP contribution in [0.25, 0.3) is 0 Å². The van der Waals surface area contributed by atoms with Crippen LogP contribution in [0.5, 0.6) is 0 Å². The predicted molar refractivity (Wildman–Crippen MR) is 73.5 cm³/mol. The van der Waals surface area contributed by atoms with E-state index in [4.69, 9.17) is 0 Å². The highest BCUT2D eigenvalue weighted by molar-refractivity contribution is 7.93. The average molecular weight is 341 g/mol. The normalized spacial score (nSPS) is 14.0. The third-order valence-electron chi connectivity index (χ3n) is 3.07. The lowest BCUT2D eigenvalue weighted by Crippen LogP contribution is -2.36. The van der Waals surface area contributed by atoms with Crippen molar-refractivity contribution in [2.24, 2.45) is 0 Å². The number of sulfone groups is 1. The van der Waals surface area contributed by atoms with Crippen LogP contribution in [0.15, 0.2) is 18.2 Å². The Kier molecular flexibility index (Phi) is 5.21. The van der Waals surface area contributed by atoms with Crippen LogP contribution in [0.2, 0.25) is 0 Å². The molecule has 0 unspecified atom stereocenters. The lowest BCUT2D eigenvalue weighted by Gasteiger charge is -2.16. The molecule has 1 rings (SSSR count). The number of anilines is 1. The number of alkyl halides is 3. The smallest absolute Gasteiger partial charge is 0.322 e. The van der Waals surface area contributed by atoms with Crippen LogP contribution in [0.3, 0.4) is 0 Å². The fraction of sp³-hybridized carbons (Fsp3) is 0.462. The fourth-order valence-corrected chi connectivity index (χ4v) is 2.76. The van der Waals surface area contributed by atoms with E-state index in [-0.39, 0.29) is 0 Å². The van der Waals surface area contributed by atoms with E-state index in [1.165, 1.54) is 13.8 Å². The number of rotatable bonds is 4. The van der Waals surface area contributed by atoms with Gasteiger partial charge in [-0.15, -0.1) is 0 Å². The van der Waals surface area contributed by atoms with Crippen LogP contribution in [0.4, 0.5) is 23.2 Å². The molecule has 0 bridgehead atoms. The zero-order chi connectivity index (χ0) is 17.3. The molecule has 1 aromatic rings. The van der Waals surface area contributed by atoms with Crippen LogP contribution in [-0.2, 0) is 20.8 Å². The summed E-state index contributed by atoms with van der Waals surface area (Å²) in [6.07, 6.45) is -4.71. The summed E-state index contributed by atoms with van der Waals surface area (Å²) < 4.78 is 74.9. The second-order valence-corrected chi connectivity index (χ2v) is 7.79. The maximum atomic E-state index is 13.5. The molecular formula is C13H15F4NO3S. The molecule has 0 saturated carbocycles. The second kappa shape index (κ2) is 6.23. The largest absolute Gasteiger partial charge is 0.416 e. The first-order valence-electron chi connectivity index (χ1n) is 6.27. The summed E-state index contributed by atoms with van der Waals surface area (Å²) in [5.74, 6) is -2.18. The molecule has 0 heterocycles. The van der Waals surface area contributed by atoms with Crippen molar-refractivity contribution in [3.63, 3.8) is 0 Å². The van der Waals surface area contributed by atoms with Crippen molar-refractivity contribution < 1.29 is 30.8 Å². The molecule has 1 amide bonds. The van der Waals surface area contributed by atoms with Gasteiger partial charge in [-0.1, -0.05) is 0 Å². The number of benzene rings is 1. The van der Waals surface area contributed by atoms with Gasteiger partial charge in [-0.2, -0.15) is 13.2 Å². The maximum absolute atomic E-state index is 13.5. The number of hydrogen-bond acceptors (Lipinski definition) is 3. The lowest BCUT2D eigenvalue weighted by atomic mass is 10.2. The Hall–Kier alpha value is -1.64. The Bertz CT molecular complexity index is 668. The van der Waals surface area contributed by atoms with Gasteiger partial charge in [-0.25, -0.2) is 12.8 Å².